The Hall–Kier alpha value is -2.93. The minimum absolute atomic E-state index is 0.0537. The van der Waals surface area contributed by atoms with Crippen LogP contribution in [0.15, 0.2) is 48.5 Å². The average molecular weight is 395 g/mol. The fraction of sp³-hybridized carbons (Fsp3) is 0.286. The second-order valence-electron chi connectivity index (χ2n) is 7.04. The van der Waals surface area contributed by atoms with Crippen molar-refractivity contribution in [1.29, 1.82) is 0 Å². The number of hydrogen-bond donors (Lipinski definition) is 1. The molecule has 1 aliphatic rings. The van der Waals surface area contributed by atoms with Gasteiger partial charge in [0, 0.05) is 18.7 Å². The van der Waals surface area contributed by atoms with E-state index in [2.05, 4.69) is 10.3 Å². The fourth-order valence-electron chi connectivity index (χ4n) is 3.24. The first-order valence-corrected chi connectivity index (χ1v) is 10.0. The highest BCUT2D eigenvalue weighted by Crippen LogP contribution is 2.29. The zero-order valence-corrected chi connectivity index (χ0v) is 16.5. The van der Waals surface area contributed by atoms with Crippen LogP contribution in [0.25, 0.3) is 10.2 Å². The molecule has 1 N–H and O–H groups in total. The summed E-state index contributed by atoms with van der Waals surface area (Å²) in [5, 5.41) is 3.43. The number of aromatic nitrogens is 1. The predicted octanol–water partition coefficient (Wildman–Crippen LogP) is 4.08. The van der Waals surface area contributed by atoms with Crippen molar-refractivity contribution in [2.24, 2.45) is 5.92 Å². The number of hydrogen-bond acceptors (Lipinski definition) is 5. The molecule has 2 heterocycles. The van der Waals surface area contributed by atoms with Crippen molar-refractivity contribution in [3.63, 3.8) is 0 Å². The van der Waals surface area contributed by atoms with E-state index < -0.39 is 5.92 Å². The highest BCUT2D eigenvalue weighted by atomic mass is 32.1. The van der Waals surface area contributed by atoms with Gasteiger partial charge >= 0.3 is 0 Å². The molecular formula is C21H21N3O3S. The quantitative estimate of drug-likeness (QED) is 0.707. The van der Waals surface area contributed by atoms with E-state index in [0.717, 1.165) is 21.7 Å². The number of benzene rings is 2. The summed E-state index contributed by atoms with van der Waals surface area (Å²) in [6, 6.07) is 15.1. The Morgan fingerprint density at radius 3 is 2.68 bits per heavy atom. The number of para-hydroxylation sites is 1. The number of amides is 2. The highest BCUT2D eigenvalue weighted by molar-refractivity contribution is 7.22. The smallest absolute Gasteiger partial charge is 0.231 e. The van der Waals surface area contributed by atoms with Crippen LogP contribution in [0.2, 0.25) is 0 Å². The third-order valence-electron chi connectivity index (χ3n) is 4.54. The molecule has 1 fully saturated rings. The Kier molecular flexibility index (Phi) is 5.00. The summed E-state index contributed by atoms with van der Waals surface area (Å²) >= 11 is 1.43. The van der Waals surface area contributed by atoms with Gasteiger partial charge in [-0.1, -0.05) is 23.5 Å². The number of carbonyl (C=O) groups is 2. The molecule has 0 saturated carbocycles. The molecular weight excluding hydrogens is 374 g/mol. The minimum atomic E-state index is -0.397. The second kappa shape index (κ2) is 7.59. The molecule has 0 bridgehead atoms. The van der Waals surface area contributed by atoms with Crippen LogP contribution < -0.4 is 15.0 Å². The molecule has 2 amide bonds. The molecule has 3 aromatic rings. The van der Waals surface area contributed by atoms with Crippen molar-refractivity contribution in [2.45, 2.75) is 26.4 Å². The molecule has 7 heteroatoms. The van der Waals surface area contributed by atoms with Gasteiger partial charge < -0.3 is 15.0 Å². The average Bonchev–Trinajstić information content (AvgIpc) is 3.25. The SMILES string of the molecule is CC(C)Oc1ccc(N2C[C@@H](C(=O)Nc3nc4ccccc4s3)CC2=O)cc1. The van der Waals surface area contributed by atoms with E-state index in [4.69, 9.17) is 4.74 Å². The lowest BCUT2D eigenvalue weighted by atomic mass is 10.1. The number of thiazole rings is 1. The van der Waals surface area contributed by atoms with Crippen LogP contribution in [0.1, 0.15) is 20.3 Å². The Labute approximate surface area is 167 Å². The molecule has 1 saturated heterocycles. The highest BCUT2D eigenvalue weighted by Gasteiger charge is 2.35. The first kappa shape index (κ1) is 18.4. The lowest BCUT2D eigenvalue weighted by molar-refractivity contribution is -0.122. The number of rotatable bonds is 5. The zero-order valence-electron chi connectivity index (χ0n) is 15.7. The summed E-state index contributed by atoms with van der Waals surface area (Å²) in [6.07, 6.45) is 0.288. The fourth-order valence-corrected chi connectivity index (χ4v) is 4.11. The van der Waals surface area contributed by atoms with Gasteiger partial charge in [-0.3, -0.25) is 9.59 Å². The first-order valence-electron chi connectivity index (χ1n) is 9.23. The first-order chi connectivity index (χ1) is 13.5. The van der Waals surface area contributed by atoms with Crippen molar-refractivity contribution < 1.29 is 14.3 Å². The van der Waals surface area contributed by atoms with E-state index in [9.17, 15) is 9.59 Å². The molecule has 28 heavy (non-hydrogen) atoms. The van der Waals surface area contributed by atoms with Gasteiger partial charge in [0.25, 0.3) is 0 Å². The van der Waals surface area contributed by atoms with Crippen molar-refractivity contribution in [3.8, 4) is 5.75 Å². The maximum Gasteiger partial charge on any atom is 0.231 e. The van der Waals surface area contributed by atoms with Crippen LogP contribution in [-0.4, -0.2) is 29.4 Å². The Morgan fingerprint density at radius 2 is 1.96 bits per heavy atom. The Morgan fingerprint density at radius 1 is 1.21 bits per heavy atom. The number of ether oxygens (including phenoxy) is 1. The number of fused-ring (bicyclic) bond motifs is 1. The van der Waals surface area contributed by atoms with E-state index >= 15 is 0 Å². The van der Waals surface area contributed by atoms with E-state index in [1.54, 1.807) is 4.90 Å². The molecule has 4 rings (SSSR count). The van der Waals surface area contributed by atoms with Crippen molar-refractivity contribution in [1.82, 2.24) is 4.98 Å². The standard InChI is InChI=1S/C21H21N3O3S/c1-13(2)27-16-9-7-15(8-10-16)24-12-14(11-19(24)25)20(26)23-21-22-17-5-3-4-6-18(17)28-21/h3-10,13-14H,11-12H2,1-2H3,(H,22,23,26)/t14-/m0/s1. The molecule has 0 spiro atoms. The lowest BCUT2D eigenvalue weighted by Gasteiger charge is -2.17. The van der Waals surface area contributed by atoms with Crippen LogP contribution in [-0.2, 0) is 9.59 Å². The van der Waals surface area contributed by atoms with Gasteiger partial charge in [0.1, 0.15) is 5.75 Å². The van der Waals surface area contributed by atoms with E-state index in [1.807, 2.05) is 62.4 Å². The summed E-state index contributed by atoms with van der Waals surface area (Å²) in [4.78, 5) is 31.2. The van der Waals surface area contributed by atoms with Crippen LogP contribution in [0.3, 0.4) is 0 Å². The molecule has 6 nitrogen and oxygen atoms in total. The van der Waals surface area contributed by atoms with Gasteiger partial charge in [-0.05, 0) is 50.2 Å². The van der Waals surface area contributed by atoms with Gasteiger partial charge in [-0.2, -0.15) is 0 Å². The molecule has 1 aliphatic heterocycles. The van der Waals surface area contributed by atoms with Gasteiger partial charge in [0.15, 0.2) is 5.13 Å². The summed E-state index contributed by atoms with van der Waals surface area (Å²) in [5.41, 5.74) is 1.63. The number of anilines is 2. The van der Waals surface area contributed by atoms with Gasteiger partial charge in [0.05, 0.1) is 22.2 Å². The van der Waals surface area contributed by atoms with Crippen LogP contribution in [0, 0.1) is 5.92 Å². The molecule has 144 valence electrons. The summed E-state index contributed by atoms with van der Waals surface area (Å²) in [5.74, 6) is 0.137. The second-order valence-corrected chi connectivity index (χ2v) is 8.07. The largest absolute Gasteiger partial charge is 0.491 e. The zero-order chi connectivity index (χ0) is 19.7. The molecule has 0 radical (unpaired) electrons. The third kappa shape index (κ3) is 3.84. The monoisotopic (exact) mass is 395 g/mol. The Bertz CT molecular complexity index is 980. The van der Waals surface area contributed by atoms with Crippen molar-refractivity contribution in [3.05, 3.63) is 48.5 Å². The van der Waals surface area contributed by atoms with E-state index in [1.165, 1.54) is 11.3 Å². The third-order valence-corrected chi connectivity index (χ3v) is 5.49. The molecule has 0 unspecified atom stereocenters. The number of nitrogens with one attached hydrogen (secondary N) is 1. The number of carbonyl (C=O) groups excluding carboxylic acids is 2. The lowest BCUT2D eigenvalue weighted by Crippen LogP contribution is -2.28. The molecule has 1 atom stereocenters. The van der Waals surface area contributed by atoms with Crippen LogP contribution in [0.5, 0.6) is 5.75 Å². The molecule has 1 aromatic heterocycles. The normalized spacial score (nSPS) is 16.8. The van der Waals surface area contributed by atoms with E-state index in [0.29, 0.717) is 11.7 Å². The molecule has 0 aliphatic carbocycles. The summed E-state index contributed by atoms with van der Waals surface area (Å²) in [7, 11) is 0. The van der Waals surface area contributed by atoms with Gasteiger partial charge in [-0.15, -0.1) is 0 Å². The van der Waals surface area contributed by atoms with Crippen molar-refractivity contribution >= 4 is 44.2 Å². The maximum atomic E-state index is 12.6. The topological polar surface area (TPSA) is 71.5 Å². The number of nitrogens with zero attached hydrogens (tertiary/aromatic N) is 2. The molecule has 2 aromatic carbocycles. The van der Waals surface area contributed by atoms with Gasteiger partial charge in [-0.25, -0.2) is 4.98 Å². The summed E-state index contributed by atoms with van der Waals surface area (Å²) < 4.78 is 6.66. The minimum Gasteiger partial charge on any atom is -0.491 e. The Balaban J connectivity index is 1.42. The summed E-state index contributed by atoms with van der Waals surface area (Å²) in [6.45, 7) is 4.29. The van der Waals surface area contributed by atoms with Crippen molar-refractivity contribution in [2.75, 3.05) is 16.8 Å². The maximum absolute atomic E-state index is 12.6. The predicted molar refractivity (Wildman–Crippen MR) is 111 cm³/mol. The van der Waals surface area contributed by atoms with Crippen LogP contribution >= 0.6 is 11.3 Å². The van der Waals surface area contributed by atoms with Gasteiger partial charge in [0.2, 0.25) is 11.8 Å². The van der Waals surface area contributed by atoms with E-state index in [-0.39, 0.29) is 24.3 Å². The van der Waals surface area contributed by atoms with Crippen LogP contribution in [0.4, 0.5) is 10.8 Å².